The van der Waals surface area contributed by atoms with E-state index in [0.717, 1.165) is 36.9 Å². The molecule has 0 N–H and O–H groups in total. The highest BCUT2D eigenvalue weighted by Gasteiger charge is 2.31. The molecule has 0 unspecified atom stereocenters. The summed E-state index contributed by atoms with van der Waals surface area (Å²) in [4.78, 5) is 0. The highest BCUT2D eigenvalue weighted by atomic mass is 79.9. The van der Waals surface area contributed by atoms with Crippen molar-refractivity contribution in [2.75, 3.05) is 0 Å². The van der Waals surface area contributed by atoms with E-state index in [-0.39, 0.29) is 0 Å². The van der Waals surface area contributed by atoms with E-state index in [1.807, 2.05) is 66.7 Å². The third kappa shape index (κ3) is 2.95. The molecule has 1 aliphatic heterocycles. The van der Waals surface area contributed by atoms with Gasteiger partial charge in [0.05, 0.1) is 5.30 Å². The molecule has 24 heavy (non-hydrogen) atoms. The van der Waals surface area contributed by atoms with E-state index in [1.54, 1.807) is 0 Å². The Morgan fingerprint density at radius 3 is 1.71 bits per heavy atom. The van der Waals surface area contributed by atoms with Crippen LogP contribution in [0.25, 0.3) is 11.1 Å². The van der Waals surface area contributed by atoms with Crippen molar-refractivity contribution in [1.29, 1.82) is 0 Å². The minimum atomic E-state index is -2.70. The lowest BCUT2D eigenvalue weighted by atomic mass is 10.0. The number of benzene rings is 3. The van der Waals surface area contributed by atoms with Crippen LogP contribution >= 0.6 is 38.4 Å². The molecule has 0 saturated heterocycles. The van der Waals surface area contributed by atoms with E-state index >= 15 is 0 Å². The molecule has 0 amide bonds. The predicted octanol–water partition coefficient (Wildman–Crippen LogP) is 6.28. The summed E-state index contributed by atoms with van der Waals surface area (Å²) in [6, 6.07) is 21.6. The fourth-order valence-corrected chi connectivity index (χ4v) is 5.77. The molecule has 0 aromatic heterocycles. The molecular formula is C18H11Br2O2PS. The van der Waals surface area contributed by atoms with Crippen LogP contribution in [-0.4, -0.2) is 0 Å². The maximum atomic E-state index is 6.28. The van der Waals surface area contributed by atoms with Gasteiger partial charge in [-0.15, -0.1) is 0 Å². The van der Waals surface area contributed by atoms with E-state index in [0.29, 0.717) is 0 Å². The zero-order chi connectivity index (χ0) is 16.7. The van der Waals surface area contributed by atoms with Gasteiger partial charge in [0.2, 0.25) is 0 Å². The molecule has 6 heteroatoms. The Bertz CT molecular complexity index is 919. The Kier molecular flexibility index (Phi) is 4.29. The van der Waals surface area contributed by atoms with Crippen molar-refractivity contribution in [3.05, 3.63) is 75.7 Å². The zero-order valence-electron chi connectivity index (χ0n) is 12.3. The average molecular weight is 482 g/mol. The van der Waals surface area contributed by atoms with Gasteiger partial charge in [0, 0.05) is 20.1 Å². The van der Waals surface area contributed by atoms with Crippen LogP contribution in [0.3, 0.4) is 0 Å². The molecule has 2 nitrogen and oxygen atoms in total. The van der Waals surface area contributed by atoms with Crippen LogP contribution < -0.4 is 14.4 Å². The third-order valence-electron chi connectivity index (χ3n) is 3.68. The molecule has 0 saturated carbocycles. The molecular weight excluding hydrogens is 471 g/mol. The number of hydrogen-bond donors (Lipinski definition) is 0. The van der Waals surface area contributed by atoms with Crippen LogP contribution in [-0.2, 0) is 11.8 Å². The van der Waals surface area contributed by atoms with Crippen LogP contribution in [0.2, 0.25) is 0 Å². The van der Waals surface area contributed by atoms with Crippen molar-refractivity contribution in [3.8, 4) is 22.6 Å². The van der Waals surface area contributed by atoms with Gasteiger partial charge in [0.1, 0.15) is 11.5 Å². The van der Waals surface area contributed by atoms with Gasteiger partial charge >= 0.3 is 6.49 Å². The molecule has 4 rings (SSSR count). The smallest absolute Gasteiger partial charge is 0.319 e. The van der Waals surface area contributed by atoms with E-state index in [4.69, 9.17) is 20.9 Å². The molecule has 3 aromatic carbocycles. The number of hydrogen-bond acceptors (Lipinski definition) is 3. The molecule has 0 aliphatic carbocycles. The summed E-state index contributed by atoms with van der Waals surface area (Å²) in [5.74, 6) is 1.48. The van der Waals surface area contributed by atoms with Crippen molar-refractivity contribution < 1.29 is 9.05 Å². The first kappa shape index (κ1) is 16.3. The molecule has 0 atom stereocenters. The molecule has 1 aliphatic rings. The van der Waals surface area contributed by atoms with Crippen molar-refractivity contribution in [2.45, 2.75) is 0 Å². The first-order valence-electron chi connectivity index (χ1n) is 7.19. The quantitative estimate of drug-likeness (QED) is 0.381. The van der Waals surface area contributed by atoms with Crippen LogP contribution in [0.5, 0.6) is 11.5 Å². The molecule has 0 radical (unpaired) electrons. The lowest BCUT2D eigenvalue weighted by molar-refractivity contribution is 0.508. The topological polar surface area (TPSA) is 18.5 Å². The van der Waals surface area contributed by atoms with Gasteiger partial charge in [-0.25, -0.2) is 0 Å². The summed E-state index contributed by atoms with van der Waals surface area (Å²) in [5, 5.41) is 0.893. The highest BCUT2D eigenvalue weighted by Crippen LogP contribution is 2.56. The van der Waals surface area contributed by atoms with Gasteiger partial charge in [-0.3, -0.25) is 0 Å². The highest BCUT2D eigenvalue weighted by molar-refractivity contribution is 9.10. The van der Waals surface area contributed by atoms with Crippen molar-refractivity contribution in [1.82, 2.24) is 0 Å². The normalized spacial score (nSPS) is 14.6. The second-order valence-electron chi connectivity index (χ2n) is 5.30. The zero-order valence-corrected chi connectivity index (χ0v) is 17.2. The minimum Gasteiger partial charge on any atom is -0.432 e. The van der Waals surface area contributed by atoms with E-state index < -0.39 is 6.49 Å². The lowest BCUT2D eigenvalue weighted by Gasteiger charge is -2.22. The Labute approximate surface area is 162 Å². The largest absolute Gasteiger partial charge is 0.432 e. The molecule has 0 fully saturated rings. The molecule has 0 bridgehead atoms. The first-order valence-corrected chi connectivity index (χ1v) is 11.4. The summed E-state index contributed by atoms with van der Waals surface area (Å²) in [6.07, 6.45) is 0. The predicted molar refractivity (Wildman–Crippen MR) is 109 cm³/mol. The maximum Gasteiger partial charge on any atom is 0.319 e. The van der Waals surface area contributed by atoms with Crippen molar-refractivity contribution in [2.24, 2.45) is 0 Å². The third-order valence-corrected chi connectivity index (χ3v) is 7.55. The van der Waals surface area contributed by atoms with Gasteiger partial charge in [-0.1, -0.05) is 50.1 Å². The Morgan fingerprint density at radius 2 is 1.21 bits per heavy atom. The monoisotopic (exact) mass is 480 g/mol. The second-order valence-corrected chi connectivity index (χ2v) is 10.4. The Hall–Kier alpha value is -1.13. The Morgan fingerprint density at radius 1 is 0.708 bits per heavy atom. The number of rotatable bonds is 1. The summed E-state index contributed by atoms with van der Waals surface area (Å²) in [5.41, 5.74) is 1.92. The molecule has 3 aromatic rings. The summed E-state index contributed by atoms with van der Waals surface area (Å²) in [6.45, 7) is -2.70. The Balaban J connectivity index is 1.98. The van der Waals surface area contributed by atoms with Crippen molar-refractivity contribution >= 4 is 55.5 Å². The average Bonchev–Trinajstić information content (AvgIpc) is 2.70. The maximum absolute atomic E-state index is 6.28. The molecule has 120 valence electrons. The lowest BCUT2D eigenvalue weighted by Crippen LogP contribution is -2.13. The van der Waals surface area contributed by atoms with E-state index in [9.17, 15) is 0 Å². The van der Waals surface area contributed by atoms with Crippen LogP contribution in [0.4, 0.5) is 0 Å². The van der Waals surface area contributed by atoms with Crippen LogP contribution in [0.15, 0.2) is 75.7 Å². The van der Waals surface area contributed by atoms with Gasteiger partial charge in [-0.05, 0) is 60.3 Å². The van der Waals surface area contributed by atoms with Crippen molar-refractivity contribution in [3.63, 3.8) is 0 Å². The summed E-state index contributed by atoms with van der Waals surface area (Å²) in [7, 11) is 0. The number of halogens is 2. The molecule has 0 spiro atoms. The second kappa shape index (κ2) is 6.30. The van der Waals surface area contributed by atoms with Gasteiger partial charge in [0.25, 0.3) is 0 Å². The first-order chi connectivity index (χ1) is 11.5. The van der Waals surface area contributed by atoms with Gasteiger partial charge in [-0.2, -0.15) is 0 Å². The van der Waals surface area contributed by atoms with E-state index in [2.05, 4.69) is 31.9 Å². The number of fused-ring (bicyclic) bond motifs is 3. The summed E-state index contributed by atoms with van der Waals surface area (Å²) < 4.78 is 14.5. The van der Waals surface area contributed by atoms with Crippen LogP contribution in [0.1, 0.15) is 0 Å². The molecule has 1 heterocycles. The summed E-state index contributed by atoms with van der Waals surface area (Å²) >= 11 is 12.9. The standard InChI is InChI=1S/C18H11Br2O2PS/c19-12-6-8-17-15(10-12)16-11-13(20)7-9-18(16)22-23(24,21-17)14-4-2-1-3-5-14/h1-11H. The van der Waals surface area contributed by atoms with Gasteiger partial charge < -0.3 is 9.05 Å². The van der Waals surface area contributed by atoms with E-state index in [1.165, 1.54) is 0 Å². The van der Waals surface area contributed by atoms with Gasteiger partial charge in [0.15, 0.2) is 0 Å². The fourth-order valence-electron chi connectivity index (χ4n) is 2.58. The SMILES string of the molecule is S=P1(c2ccccc2)Oc2ccc(Br)cc2-c2cc(Br)ccc2O1. The minimum absolute atomic E-state index is 0.738. The fraction of sp³-hybridized carbons (Fsp3) is 0. The van der Waals surface area contributed by atoms with Crippen LogP contribution in [0, 0.1) is 0 Å².